The predicted molar refractivity (Wildman–Crippen MR) is 158 cm³/mol. The van der Waals surface area contributed by atoms with Crippen LogP contribution in [0.1, 0.15) is 61.1 Å². The zero-order chi connectivity index (χ0) is 26.4. The third-order valence-electron chi connectivity index (χ3n) is 6.47. The van der Waals surface area contributed by atoms with E-state index in [-0.39, 0.29) is 0 Å². The monoisotopic (exact) mass is 533 g/mol. The Morgan fingerprint density at radius 2 is 2.03 bits per heavy atom. The van der Waals surface area contributed by atoms with Gasteiger partial charge >= 0.3 is 0 Å². The summed E-state index contributed by atoms with van der Waals surface area (Å²) in [4.78, 5) is 13.8. The van der Waals surface area contributed by atoms with E-state index >= 15 is 0 Å². The molecule has 194 valence electrons. The van der Waals surface area contributed by atoms with Crippen molar-refractivity contribution in [1.82, 2.24) is 20.2 Å². The lowest BCUT2D eigenvalue weighted by molar-refractivity contribution is 0.435. The molecule has 1 aromatic carbocycles. The van der Waals surface area contributed by atoms with Gasteiger partial charge in [0.05, 0.1) is 34.9 Å². The lowest BCUT2D eigenvalue weighted by atomic mass is 10.1. The highest BCUT2D eigenvalue weighted by atomic mass is 35.5. The van der Waals surface area contributed by atoms with Gasteiger partial charge in [-0.15, -0.1) is 17.1 Å². The Labute approximate surface area is 230 Å². The highest BCUT2D eigenvalue weighted by molar-refractivity contribution is 7.15. The molecule has 7 heteroatoms. The number of hydrogen-bond donors (Lipinski definition) is 2. The van der Waals surface area contributed by atoms with Crippen LogP contribution in [0.2, 0.25) is 5.02 Å². The maximum absolute atomic E-state index is 6.56. The Morgan fingerprint density at radius 3 is 2.73 bits per heavy atom. The van der Waals surface area contributed by atoms with Crippen molar-refractivity contribution in [3.63, 3.8) is 0 Å². The van der Waals surface area contributed by atoms with E-state index in [1.165, 1.54) is 16.0 Å². The summed E-state index contributed by atoms with van der Waals surface area (Å²) in [6, 6.07) is 11.0. The number of benzene rings is 1. The fourth-order valence-corrected chi connectivity index (χ4v) is 6.17. The van der Waals surface area contributed by atoms with Gasteiger partial charge in [0.1, 0.15) is 5.69 Å². The maximum atomic E-state index is 6.56. The molecule has 0 saturated carbocycles. The number of fused-ring (bicyclic) bond motifs is 1. The predicted octanol–water partition coefficient (Wildman–Crippen LogP) is 7.79. The van der Waals surface area contributed by atoms with Crippen LogP contribution in [0.4, 0.5) is 5.95 Å². The second-order valence-corrected chi connectivity index (χ2v) is 11.1. The number of anilines is 1. The van der Waals surface area contributed by atoms with Gasteiger partial charge in [0.2, 0.25) is 5.95 Å². The summed E-state index contributed by atoms with van der Waals surface area (Å²) < 4.78 is 0. The van der Waals surface area contributed by atoms with E-state index in [9.17, 15) is 0 Å². The maximum Gasteiger partial charge on any atom is 0.223 e. The van der Waals surface area contributed by atoms with Crippen LogP contribution in [0, 0.1) is 6.92 Å². The molecule has 4 rings (SSSR count). The normalized spacial score (nSPS) is 12.6. The van der Waals surface area contributed by atoms with Gasteiger partial charge in [-0.05, 0) is 31.4 Å². The topological polar surface area (TPSA) is 53.1 Å². The summed E-state index contributed by atoms with van der Waals surface area (Å²) >= 11 is 8.28. The standard InChI is InChI=1S/C30H36ClN5S/c1-6-10-23(11-7-2)34-30-33-17-25(31)29(35-30)27-15-24-26(8-3)36(19-28(24)37-27)18-21(5)32-16-22-13-9-12-20(4)14-22/h9,12-15,17,23,32H,3,5-7,10-11,16,18-19H2,1-2,4H3,(H,33,34,35). The van der Waals surface area contributed by atoms with E-state index in [2.05, 4.69) is 90.5 Å². The van der Waals surface area contributed by atoms with E-state index < -0.39 is 0 Å². The highest BCUT2D eigenvalue weighted by Gasteiger charge is 2.28. The first-order chi connectivity index (χ1) is 17.9. The van der Waals surface area contributed by atoms with Crippen LogP contribution in [-0.2, 0) is 13.1 Å². The van der Waals surface area contributed by atoms with Crippen molar-refractivity contribution in [3.8, 4) is 10.6 Å². The lowest BCUT2D eigenvalue weighted by Crippen LogP contribution is -2.25. The molecular formula is C30H36ClN5S. The smallest absolute Gasteiger partial charge is 0.223 e. The molecule has 5 nitrogen and oxygen atoms in total. The van der Waals surface area contributed by atoms with Crippen molar-refractivity contribution < 1.29 is 0 Å². The molecule has 0 saturated heterocycles. The van der Waals surface area contributed by atoms with Gasteiger partial charge in [-0.25, -0.2) is 9.97 Å². The van der Waals surface area contributed by atoms with Gasteiger partial charge in [-0.1, -0.05) is 81.3 Å². The van der Waals surface area contributed by atoms with E-state index in [4.69, 9.17) is 16.6 Å². The van der Waals surface area contributed by atoms with Crippen LogP contribution in [0.25, 0.3) is 16.3 Å². The number of aromatic nitrogens is 2. The van der Waals surface area contributed by atoms with Crippen LogP contribution in [-0.4, -0.2) is 27.5 Å². The summed E-state index contributed by atoms with van der Waals surface area (Å²) in [5.41, 5.74) is 9.52. The van der Waals surface area contributed by atoms with Gasteiger partial charge < -0.3 is 15.5 Å². The average Bonchev–Trinajstić information content (AvgIpc) is 3.41. The minimum absolute atomic E-state index is 0.369. The Bertz CT molecular complexity index is 1300. The molecule has 0 unspecified atom stereocenters. The number of thiophene rings is 1. The second kappa shape index (κ2) is 12.5. The first-order valence-corrected chi connectivity index (χ1v) is 14.2. The SMILES string of the molecule is C=C=C1c2cc(-c3nc(NC(CCC)CCC)ncc3Cl)sc2CN1CC(=C)NCc1cccc(C)c1. The van der Waals surface area contributed by atoms with Crippen LogP contribution in [0.5, 0.6) is 0 Å². The third-order valence-corrected chi connectivity index (χ3v) is 7.88. The summed E-state index contributed by atoms with van der Waals surface area (Å²) in [6.45, 7) is 17.0. The van der Waals surface area contributed by atoms with E-state index in [1.807, 2.05) is 0 Å². The van der Waals surface area contributed by atoms with Crippen LogP contribution < -0.4 is 10.6 Å². The molecule has 2 aromatic heterocycles. The molecule has 1 aliphatic heterocycles. The molecule has 0 fully saturated rings. The molecule has 0 bridgehead atoms. The molecule has 0 amide bonds. The van der Waals surface area contributed by atoms with E-state index in [1.54, 1.807) is 17.5 Å². The first kappa shape index (κ1) is 27.0. The van der Waals surface area contributed by atoms with Crippen LogP contribution in [0.3, 0.4) is 0 Å². The molecule has 0 atom stereocenters. The fraction of sp³-hybridized carbons (Fsp3) is 0.367. The Morgan fingerprint density at radius 1 is 1.24 bits per heavy atom. The van der Waals surface area contributed by atoms with Crippen LogP contribution >= 0.6 is 22.9 Å². The zero-order valence-electron chi connectivity index (χ0n) is 22.0. The Kier molecular flexibility index (Phi) is 9.09. The quantitative estimate of drug-likeness (QED) is 0.233. The number of rotatable bonds is 12. The second-order valence-electron chi connectivity index (χ2n) is 9.58. The average molecular weight is 534 g/mol. The molecule has 3 aromatic rings. The molecule has 1 aliphatic rings. The van der Waals surface area contributed by atoms with Crippen molar-refractivity contribution >= 4 is 34.6 Å². The molecule has 0 spiro atoms. The Hall–Kier alpha value is -3.05. The highest BCUT2D eigenvalue weighted by Crippen LogP contribution is 2.43. The number of aryl methyl sites for hydroxylation is 1. The largest absolute Gasteiger partial charge is 0.383 e. The van der Waals surface area contributed by atoms with Crippen molar-refractivity contribution in [2.24, 2.45) is 0 Å². The fourth-order valence-electron chi connectivity index (χ4n) is 4.74. The number of nitrogens with zero attached hydrogens (tertiary/aromatic N) is 3. The lowest BCUT2D eigenvalue weighted by Gasteiger charge is -2.21. The molecule has 0 radical (unpaired) electrons. The first-order valence-electron chi connectivity index (χ1n) is 13.0. The van der Waals surface area contributed by atoms with Crippen molar-refractivity contribution in [2.45, 2.75) is 65.6 Å². The van der Waals surface area contributed by atoms with Gasteiger partial charge in [0.25, 0.3) is 0 Å². The number of halogens is 1. The number of nitrogens with one attached hydrogen (secondary N) is 2. The number of hydrogen-bond acceptors (Lipinski definition) is 6. The summed E-state index contributed by atoms with van der Waals surface area (Å²) in [5.74, 6) is 0.636. The molecule has 0 aliphatic carbocycles. The minimum atomic E-state index is 0.369. The van der Waals surface area contributed by atoms with Crippen molar-refractivity contribution in [2.75, 3.05) is 11.9 Å². The van der Waals surface area contributed by atoms with Gasteiger partial charge in [0, 0.05) is 28.7 Å². The third kappa shape index (κ3) is 6.64. The minimum Gasteiger partial charge on any atom is -0.383 e. The molecular weight excluding hydrogens is 498 g/mol. The van der Waals surface area contributed by atoms with Gasteiger partial charge in [0.15, 0.2) is 0 Å². The summed E-state index contributed by atoms with van der Waals surface area (Å²) in [6.07, 6.45) is 6.13. The van der Waals surface area contributed by atoms with Gasteiger partial charge in [-0.3, -0.25) is 0 Å². The molecule has 37 heavy (non-hydrogen) atoms. The molecule has 3 heterocycles. The van der Waals surface area contributed by atoms with Crippen molar-refractivity contribution in [3.05, 3.63) is 87.7 Å². The van der Waals surface area contributed by atoms with Gasteiger partial charge in [-0.2, -0.15) is 0 Å². The summed E-state index contributed by atoms with van der Waals surface area (Å²) in [5, 5.41) is 7.54. The van der Waals surface area contributed by atoms with Crippen molar-refractivity contribution in [1.29, 1.82) is 0 Å². The molecule has 2 N–H and O–H groups in total. The Balaban J connectivity index is 1.45. The van der Waals surface area contributed by atoms with E-state index in [0.29, 0.717) is 23.6 Å². The van der Waals surface area contributed by atoms with E-state index in [0.717, 1.165) is 66.3 Å². The summed E-state index contributed by atoms with van der Waals surface area (Å²) in [7, 11) is 0. The van der Waals surface area contributed by atoms with Crippen LogP contribution in [0.15, 0.2) is 61.1 Å². The zero-order valence-corrected chi connectivity index (χ0v) is 23.6.